The van der Waals surface area contributed by atoms with Crippen LogP contribution < -0.4 is 5.32 Å². The van der Waals surface area contributed by atoms with E-state index in [1.54, 1.807) is 0 Å². The van der Waals surface area contributed by atoms with Crippen molar-refractivity contribution >= 4 is 22.9 Å². The molecule has 1 aromatic heterocycles. The molecule has 0 amide bonds. The number of benzene rings is 1. The third kappa shape index (κ3) is 2.60. The third-order valence-corrected chi connectivity index (χ3v) is 6.16. The molecule has 25 heavy (non-hydrogen) atoms. The number of aromatic nitrogens is 1. The molecule has 0 saturated carbocycles. The second-order valence-electron chi connectivity index (χ2n) is 7.23. The molecule has 0 radical (unpaired) electrons. The molecule has 2 atom stereocenters. The summed E-state index contributed by atoms with van der Waals surface area (Å²) in [5.41, 5.74) is 6.44. The van der Waals surface area contributed by atoms with Crippen LogP contribution in [0.4, 0.5) is 5.69 Å². The number of pyridine rings is 1. The van der Waals surface area contributed by atoms with E-state index in [9.17, 15) is 0 Å². The van der Waals surface area contributed by atoms with Crippen molar-refractivity contribution in [3.63, 3.8) is 0 Å². The van der Waals surface area contributed by atoms with E-state index in [4.69, 9.17) is 12.2 Å². The molecule has 1 N–H and O–H groups in total. The van der Waals surface area contributed by atoms with Gasteiger partial charge in [0.1, 0.15) is 0 Å². The lowest BCUT2D eigenvalue weighted by Gasteiger charge is -2.31. The van der Waals surface area contributed by atoms with Crippen LogP contribution in [0.1, 0.15) is 30.7 Å². The van der Waals surface area contributed by atoms with Crippen LogP contribution in [0.25, 0.3) is 11.1 Å². The van der Waals surface area contributed by atoms with Gasteiger partial charge in [-0.1, -0.05) is 29.9 Å². The van der Waals surface area contributed by atoms with Gasteiger partial charge in [0, 0.05) is 30.7 Å². The zero-order valence-electron chi connectivity index (χ0n) is 14.1. The Hall–Kier alpha value is -2.04. The summed E-state index contributed by atoms with van der Waals surface area (Å²) in [6, 6.07) is 11.5. The monoisotopic (exact) mass is 347 g/mol. The number of hydrogen-bond donors (Lipinski definition) is 1. The summed E-state index contributed by atoms with van der Waals surface area (Å²) in [7, 11) is 0. The minimum atomic E-state index is 0.245. The van der Waals surface area contributed by atoms with Gasteiger partial charge in [0.15, 0.2) is 0 Å². The molecule has 126 valence electrons. The minimum Gasteiger partial charge on any atom is -0.349 e. The number of nitrogens with zero attached hydrogens (tertiary/aromatic N) is 2. The number of hydrogen-bond acceptors (Lipinski definition) is 3. The molecule has 5 rings (SSSR count). The molecule has 0 spiro atoms. The molecule has 3 aliphatic heterocycles. The first-order valence-electron chi connectivity index (χ1n) is 9.08. The van der Waals surface area contributed by atoms with Gasteiger partial charge in [0.05, 0.1) is 10.9 Å². The lowest BCUT2D eigenvalue weighted by Crippen LogP contribution is -2.34. The van der Waals surface area contributed by atoms with E-state index >= 15 is 0 Å². The first kappa shape index (κ1) is 15.2. The Morgan fingerprint density at radius 3 is 2.88 bits per heavy atom. The van der Waals surface area contributed by atoms with Gasteiger partial charge in [-0.2, -0.15) is 0 Å². The standard InChI is InChI=1S/C21H21N3S/c25-21-20(16-7-11-24-10-1-2-17(24)12-16)18-13-15(3-4-19(18)23-21)14-5-8-22-9-6-14/h3-9,13,17,20H,1-2,10-12H2,(H,23,25). The molecular formula is C21H21N3S. The highest BCUT2D eigenvalue weighted by molar-refractivity contribution is 7.80. The van der Waals surface area contributed by atoms with Crippen molar-refractivity contribution < 1.29 is 0 Å². The molecule has 3 aliphatic rings. The van der Waals surface area contributed by atoms with Crippen molar-refractivity contribution in [2.45, 2.75) is 31.2 Å². The fraction of sp³-hybridized carbons (Fsp3) is 0.333. The molecule has 4 heteroatoms. The Bertz CT molecular complexity index is 859. The summed E-state index contributed by atoms with van der Waals surface area (Å²) in [6.45, 7) is 2.34. The van der Waals surface area contributed by atoms with E-state index in [0.29, 0.717) is 0 Å². The van der Waals surface area contributed by atoms with E-state index in [1.165, 1.54) is 47.3 Å². The highest BCUT2D eigenvalue weighted by atomic mass is 32.1. The van der Waals surface area contributed by atoms with E-state index in [0.717, 1.165) is 24.0 Å². The van der Waals surface area contributed by atoms with Crippen molar-refractivity contribution in [3.05, 3.63) is 59.9 Å². The summed E-state index contributed by atoms with van der Waals surface area (Å²) in [5, 5.41) is 3.45. The van der Waals surface area contributed by atoms with E-state index < -0.39 is 0 Å². The first-order valence-corrected chi connectivity index (χ1v) is 9.48. The summed E-state index contributed by atoms with van der Waals surface area (Å²) >= 11 is 5.73. The largest absolute Gasteiger partial charge is 0.349 e. The summed E-state index contributed by atoms with van der Waals surface area (Å²) in [6.07, 6.45) is 9.94. The highest BCUT2D eigenvalue weighted by Gasteiger charge is 2.35. The van der Waals surface area contributed by atoms with Crippen LogP contribution in [-0.4, -0.2) is 34.0 Å². The zero-order valence-corrected chi connectivity index (χ0v) is 14.9. The van der Waals surface area contributed by atoms with E-state index in [2.05, 4.69) is 51.6 Å². The number of rotatable bonds is 2. The van der Waals surface area contributed by atoms with E-state index in [1.807, 2.05) is 12.4 Å². The fourth-order valence-corrected chi connectivity index (χ4v) is 4.93. The van der Waals surface area contributed by atoms with Gasteiger partial charge >= 0.3 is 0 Å². The smallest absolute Gasteiger partial charge is 0.0915 e. The van der Waals surface area contributed by atoms with Gasteiger partial charge in [0.2, 0.25) is 0 Å². The maximum absolute atomic E-state index is 5.73. The molecule has 1 fully saturated rings. The predicted octanol–water partition coefficient (Wildman–Crippen LogP) is 4.38. The summed E-state index contributed by atoms with van der Waals surface area (Å²) < 4.78 is 0. The second-order valence-corrected chi connectivity index (χ2v) is 7.67. The molecule has 1 saturated heterocycles. The molecule has 2 aromatic rings. The van der Waals surface area contributed by atoms with Crippen molar-refractivity contribution in [1.29, 1.82) is 0 Å². The van der Waals surface area contributed by atoms with Crippen LogP contribution in [0.5, 0.6) is 0 Å². The number of thiocarbonyl (C=S) groups is 1. The van der Waals surface area contributed by atoms with Crippen LogP contribution in [-0.2, 0) is 0 Å². The van der Waals surface area contributed by atoms with Crippen LogP contribution >= 0.6 is 12.2 Å². The maximum Gasteiger partial charge on any atom is 0.0915 e. The van der Waals surface area contributed by atoms with Crippen LogP contribution in [0.3, 0.4) is 0 Å². The number of nitrogens with one attached hydrogen (secondary N) is 1. The summed E-state index contributed by atoms with van der Waals surface area (Å²) in [4.78, 5) is 7.70. The van der Waals surface area contributed by atoms with Crippen LogP contribution in [0, 0.1) is 0 Å². The summed E-state index contributed by atoms with van der Waals surface area (Å²) in [5.74, 6) is 0.245. The molecule has 0 bridgehead atoms. The lowest BCUT2D eigenvalue weighted by molar-refractivity contribution is 0.263. The predicted molar refractivity (Wildman–Crippen MR) is 106 cm³/mol. The Labute approximate surface area is 153 Å². The van der Waals surface area contributed by atoms with Gasteiger partial charge in [-0.3, -0.25) is 9.88 Å². The Balaban J connectivity index is 1.52. The Morgan fingerprint density at radius 1 is 1.12 bits per heavy atom. The minimum absolute atomic E-state index is 0.245. The topological polar surface area (TPSA) is 28.2 Å². The average molecular weight is 347 g/mol. The maximum atomic E-state index is 5.73. The Morgan fingerprint density at radius 2 is 2.00 bits per heavy atom. The van der Waals surface area contributed by atoms with Crippen molar-refractivity contribution in [1.82, 2.24) is 9.88 Å². The average Bonchev–Trinajstić information content (AvgIpc) is 3.24. The second kappa shape index (κ2) is 6.04. The SMILES string of the molecule is S=C1Nc2ccc(-c3ccncc3)cc2C1C1=CCN2CCCC2C1. The molecule has 4 heterocycles. The Kier molecular flexibility index (Phi) is 3.68. The number of fused-ring (bicyclic) bond motifs is 2. The van der Waals surface area contributed by atoms with Gasteiger partial charge in [-0.25, -0.2) is 0 Å². The zero-order chi connectivity index (χ0) is 16.8. The number of anilines is 1. The normalized spacial score (nSPS) is 25.3. The van der Waals surface area contributed by atoms with Gasteiger partial charge in [-0.05, 0) is 66.8 Å². The fourth-order valence-electron chi connectivity index (χ4n) is 4.55. The van der Waals surface area contributed by atoms with Crippen molar-refractivity contribution in [2.75, 3.05) is 18.4 Å². The van der Waals surface area contributed by atoms with E-state index in [-0.39, 0.29) is 5.92 Å². The third-order valence-electron chi connectivity index (χ3n) is 5.83. The molecule has 0 aliphatic carbocycles. The molecule has 2 unspecified atom stereocenters. The van der Waals surface area contributed by atoms with Gasteiger partial charge < -0.3 is 5.32 Å². The lowest BCUT2D eigenvalue weighted by atomic mass is 9.85. The van der Waals surface area contributed by atoms with Gasteiger partial charge in [-0.15, -0.1) is 0 Å². The van der Waals surface area contributed by atoms with Gasteiger partial charge in [0.25, 0.3) is 0 Å². The van der Waals surface area contributed by atoms with Crippen LogP contribution in [0.2, 0.25) is 0 Å². The molecule has 3 nitrogen and oxygen atoms in total. The van der Waals surface area contributed by atoms with Crippen molar-refractivity contribution in [2.24, 2.45) is 0 Å². The van der Waals surface area contributed by atoms with Crippen LogP contribution in [0.15, 0.2) is 54.4 Å². The van der Waals surface area contributed by atoms with Crippen molar-refractivity contribution in [3.8, 4) is 11.1 Å². The first-order chi connectivity index (χ1) is 12.3. The molecular weight excluding hydrogens is 326 g/mol. The highest BCUT2D eigenvalue weighted by Crippen LogP contribution is 2.43. The molecule has 1 aromatic carbocycles. The quantitative estimate of drug-likeness (QED) is 0.645.